The summed E-state index contributed by atoms with van der Waals surface area (Å²) in [7, 11) is 0. The zero-order valence-electron chi connectivity index (χ0n) is 12.7. The Kier molecular flexibility index (Phi) is 3.83. The minimum absolute atomic E-state index is 0.194. The van der Waals surface area contributed by atoms with Crippen molar-refractivity contribution in [3.63, 3.8) is 0 Å². The summed E-state index contributed by atoms with van der Waals surface area (Å²) in [6.07, 6.45) is 2.80. The Bertz CT molecular complexity index is 494. The SMILES string of the molecule is Cc1ccc(CN2CC(C3CC3)NCC2(C)C)c(Cl)c1. The molecule has 1 unspecified atom stereocenters. The van der Waals surface area contributed by atoms with E-state index < -0.39 is 0 Å². The molecule has 1 atom stereocenters. The van der Waals surface area contributed by atoms with Crippen molar-refractivity contribution in [1.82, 2.24) is 10.2 Å². The monoisotopic (exact) mass is 292 g/mol. The first kappa shape index (κ1) is 14.4. The van der Waals surface area contributed by atoms with Crippen LogP contribution in [-0.4, -0.2) is 29.6 Å². The zero-order chi connectivity index (χ0) is 14.3. The molecule has 2 nitrogen and oxygen atoms in total. The maximum absolute atomic E-state index is 6.41. The van der Waals surface area contributed by atoms with E-state index in [0.717, 1.165) is 30.6 Å². The van der Waals surface area contributed by atoms with Crippen molar-refractivity contribution >= 4 is 11.6 Å². The van der Waals surface area contributed by atoms with Gasteiger partial charge in [0.15, 0.2) is 0 Å². The molecular formula is C17H25ClN2. The summed E-state index contributed by atoms with van der Waals surface area (Å²) in [5.74, 6) is 0.905. The molecule has 1 aliphatic heterocycles. The number of aryl methyl sites for hydroxylation is 1. The van der Waals surface area contributed by atoms with Crippen LogP contribution >= 0.6 is 11.6 Å². The van der Waals surface area contributed by atoms with Crippen molar-refractivity contribution in [3.8, 4) is 0 Å². The van der Waals surface area contributed by atoms with E-state index in [1.165, 1.54) is 24.0 Å². The molecule has 1 heterocycles. The topological polar surface area (TPSA) is 15.3 Å². The lowest BCUT2D eigenvalue weighted by molar-refractivity contribution is 0.0534. The van der Waals surface area contributed by atoms with Gasteiger partial charge in [-0.3, -0.25) is 4.90 Å². The molecule has 0 amide bonds. The van der Waals surface area contributed by atoms with Gasteiger partial charge >= 0.3 is 0 Å². The molecule has 3 heteroatoms. The van der Waals surface area contributed by atoms with Crippen molar-refractivity contribution in [2.45, 2.75) is 51.7 Å². The fourth-order valence-electron chi connectivity index (χ4n) is 3.12. The van der Waals surface area contributed by atoms with Crippen LogP contribution in [0.3, 0.4) is 0 Å². The van der Waals surface area contributed by atoms with Crippen molar-refractivity contribution in [2.75, 3.05) is 13.1 Å². The summed E-state index contributed by atoms with van der Waals surface area (Å²) in [5, 5.41) is 4.64. The number of halogens is 1. The number of nitrogens with one attached hydrogen (secondary N) is 1. The maximum atomic E-state index is 6.41. The molecule has 1 N–H and O–H groups in total. The van der Waals surface area contributed by atoms with E-state index in [2.05, 4.69) is 49.2 Å². The highest BCUT2D eigenvalue weighted by molar-refractivity contribution is 6.31. The molecule has 2 aliphatic rings. The summed E-state index contributed by atoms with van der Waals surface area (Å²) in [4.78, 5) is 2.60. The summed E-state index contributed by atoms with van der Waals surface area (Å²) < 4.78 is 0. The minimum Gasteiger partial charge on any atom is -0.311 e. The maximum Gasteiger partial charge on any atom is 0.0453 e. The number of hydrogen-bond acceptors (Lipinski definition) is 2. The Balaban J connectivity index is 1.75. The average Bonchev–Trinajstić information content (AvgIpc) is 3.19. The molecular weight excluding hydrogens is 268 g/mol. The minimum atomic E-state index is 0.194. The van der Waals surface area contributed by atoms with Crippen LogP contribution in [0.25, 0.3) is 0 Å². The Labute approximate surface area is 127 Å². The predicted molar refractivity (Wildman–Crippen MR) is 85.2 cm³/mol. The smallest absolute Gasteiger partial charge is 0.0453 e. The van der Waals surface area contributed by atoms with E-state index in [0.29, 0.717) is 6.04 Å². The Morgan fingerprint density at radius 2 is 2.10 bits per heavy atom. The van der Waals surface area contributed by atoms with Crippen LogP contribution in [0.1, 0.15) is 37.8 Å². The van der Waals surface area contributed by atoms with Gasteiger partial charge in [-0.2, -0.15) is 0 Å². The Hall–Kier alpha value is -0.570. The number of piperazine rings is 1. The molecule has 0 bridgehead atoms. The molecule has 1 saturated heterocycles. The molecule has 0 spiro atoms. The molecule has 1 saturated carbocycles. The molecule has 0 radical (unpaired) electrons. The lowest BCUT2D eigenvalue weighted by Gasteiger charge is -2.46. The first-order valence-electron chi connectivity index (χ1n) is 7.69. The number of nitrogens with zero attached hydrogens (tertiary/aromatic N) is 1. The fraction of sp³-hybridized carbons (Fsp3) is 0.647. The molecule has 20 heavy (non-hydrogen) atoms. The van der Waals surface area contributed by atoms with Crippen LogP contribution in [0.5, 0.6) is 0 Å². The largest absolute Gasteiger partial charge is 0.311 e. The van der Waals surface area contributed by atoms with E-state index in [4.69, 9.17) is 11.6 Å². The Morgan fingerprint density at radius 3 is 2.75 bits per heavy atom. The molecule has 110 valence electrons. The van der Waals surface area contributed by atoms with Crippen LogP contribution in [0.4, 0.5) is 0 Å². The average molecular weight is 293 g/mol. The highest BCUT2D eigenvalue weighted by Gasteiger charge is 2.40. The van der Waals surface area contributed by atoms with E-state index in [1.54, 1.807) is 0 Å². The normalized spacial score (nSPS) is 26.7. The van der Waals surface area contributed by atoms with Gasteiger partial charge in [-0.25, -0.2) is 0 Å². The highest BCUT2D eigenvalue weighted by Crippen LogP contribution is 2.36. The van der Waals surface area contributed by atoms with Crippen LogP contribution in [0.15, 0.2) is 18.2 Å². The molecule has 1 aromatic rings. The third-order valence-corrected chi connectivity index (χ3v) is 5.18. The van der Waals surface area contributed by atoms with Gasteiger partial charge in [-0.05, 0) is 56.7 Å². The van der Waals surface area contributed by atoms with Gasteiger partial charge in [-0.15, -0.1) is 0 Å². The third-order valence-electron chi connectivity index (χ3n) is 4.83. The van der Waals surface area contributed by atoms with E-state index in [9.17, 15) is 0 Å². The molecule has 1 aromatic carbocycles. The van der Waals surface area contributed by atoms with Crippen molar-refractivity contribution in [1.29, 1.82) is 0 Å². The summed E-state index contributed by atoms with van der Waals surface area (Å²) in [6, 6.07) is 7.09. The van der Waals surface area contributed by atoms with Crippen LogP contribution in [-0.2, 0) is 6.54 Å². The summed E-state index contributed by atoms with van der Waals surface area (Å²) in [5.41, 5.74) is 2.68. The van der Waals surface area contributed by atoms with Gasteiger partial charge in [-0.1, -0.05) is 23.7 Å². The van der Waals surface area contributed by atoms with Crippen molar-refractivity contribution in [2.24, 2.45) is 5.92 Å². The molecule has 0 aromatic heterocycles. The van der Waals surface area contributed by atoms with Crippen molar-refractivity contribution < 1.29 is 0 Å². The third kappa shape index (κ3) is 3.03. The number of rotatable bonds is 3. The summed E-state index contributed by atoms with van der Waals surface area (Å²) in [6.45, 7) is 9.90. The van der Waals surface area contributed by atoms with Crippen LogP contribution in [0, 0.1) is 12.8 Å². The number of hydrogen-bond donors (Lipinski definition) is 1. The lowest BCUT2D eigenvalue weighted by Crippen LogP contribution is -2.62. The van der Waals surface area contributed by atoms with Crippen LogP contribution < -0.4 is 5.32 Å². The fourth-order valence-corrected chi connectivity index (χ4v) is 3.42. The van der Waals surface area contributed by atoms with Gasteiger partial charge < -0.3 is 5.32 Å². The molecule has 1 aliphatic carbocycles. The first-order chi connectivity index (χ1) is 9.45. The second-order valence-corrected chi connectivity index (χ2v) is 7.52. The van der Waals surface area contributed by atoms with E-state index in [-0.39, 0.29) is 5.54 Å². The first-order valence-corrected chi connectivity index (χ1v) is 8.07. The van der Waals surface area contributed by atoms with E-state index >= 15 is 0 Å². The standard InChI is InChI=1S/C17H25ClN2/c1-12-4-5-14(15(18)8-12)9-20-10-16(13-6-7-13)19-11-17(20,2)3/h4-5,8,13,16,19H,6-7,9-11H2,1-3H3. The quantitative estimate of drug-likeness (QED) is 0.915. The van der Waals surface area contributed by atoms with Gasteiger partial charge in [0, 0.05) is 36.2 Å². The van der Waals surface area contributed by atoms with Gasteiger partial charge in [0.05, 0.1) is 0 Å². The van der Waals surface area contributed by atoms with E-state index in [1.807, 2.05) is 0 Å². The van der Waals surface area contributed by atoms with Crippen LogP contribution in [0.2, 0.25) is 5.02 Å². The number of benzene rings is 1. The predicted octanol–water partition coefficient (Wildman–Crippen LogP) is 3.61. The Morgan fingerprint density at radius 1 is 1.35 bits per heavy atom. The summed E-state index contributed by atoms with van der Waals surface area (Å²) >= 11 is 6.41. The zero-order valence-corrected chi connectivity index (χ0v) is 13.5. The molecule has 3 rings (SSSR count). The van der Waals surface area contributed by atoms with Gasteiger partial charge in [0.2, 0.25) is 0 Å². The highest BCUT2D eigenvalue weighted by atomic mass is 35.5. The van der Waals surface area contributed by atoms with Crippen molar-refractivity contribution in [3.05, 3.63) is 34.3 Å². The van der Waals surface area contributed by atoms with Gasteiger partial charge in [0.25, 0.3) is 0 Å². The van der Waals surface area contributed by atoms with Gasteiger partial charge in [0.1, 0.15) is 0 Å². The lowest BCUT2D eigenvalue weighted by atomic mass is 9.95. The second kappa shape index (κ2) is 5.32. The second-order valence-electron chi connectivity index (χ2n) is 7.11. The molecule has 2 fully saturated rings.